The monoisotopic (exact) mass is 384 g/mol. The molecule has 0 bridgehead atoms. The minimum absolute atomic E-state index is 0.0915. The molecule has 29 heavy (non-hydrogen) atoms. The lowest BCUT2D eigenvalue weighted by Gasteiger charge is -2.36. The first kappa shape index (κ1) is 17.7. The molecule has 5 heteroatoms. The van der Waals surface area contributed by atoms with Crippen LogP contribution in [0.15, 0.2) is 72.9 Å². The molecule has 1 saturated heterocycles. The van der Waals surface area contributed by atoms with Crippen molar-refractivity contribution in [2.75, 3.05) is 42.5 Å². The molecule has 3 heterocycles. The lowest BCUT2D eigenvalue weighted by atomic mass is 10.1. The second-order valence-corrected chi connectivity index (χ2v) is 7.55. The van der Waals surface area contributed by atoms with E-state index in [2.05, 4.69) is 63.3 Å². The van der Waals surface area contributed by atoms with E-state index in [1.165, 1.54) is 16.9 Å². The van der Waals surface area contributed by atoms with Gasteiger partial charge < -0.3 is 14.7 Å². The quantitative estimate of drug-likeness (QED) is 0.690. The third kappa shape index (κ3) is 3.44. The van der Waals surface area contributed by atoms with Crippen LogP contribution in [-0.2, 0) is 6.42 Å². The number of nitrogens with zero attached hydrogens (tertiary/aromatic N) is 4. The summed E-state index contributed by atoms with van der Waals surface area (Å²) in [5.41, 5.74) is 4.47. The van der Waals surface area contributed by atoms with Crippen molar-refractivity contribution in [1.82, 2.24) is 9.88 Å². The van der Waals surface area contributed by atoms with Gasteiger partial charge in [0.1, 0.15) is 5.82 Å². The van der Waals surface area contributed by atoms with Gasteiger partial charge in [0, 0.05) is 55.9 Å². The van der Waals surface area contributed by atoms with Crippen molar-refractivity contribution in [3.05, 3.63) is 84.1 Å². The number of piperazine rings is 1. The highest BCUT2D eigenvalue weighted by Crippen LogP contribution is 2.33. The van der Waals surface area contributed by atoms with E-state index in [-0.39, 0.29) is 5.91 Å². The Morgan fingerprint density at radius 1 is 0.828 bits per heavy atom. The lowest BCUT2D eigenvalue weighted by molar-refractivity contribution is 0.0746. The van der Waals surface area contributed by atoms with Crippen molar-refractivity contribution in [1.29, 1.82) is 0 Å². The largest absolute Gasteiger partial charge is 0.368 e. The summed E-state index contributed by atoms with van der Waals surface area (Å²) in [6.45, 7) is 4.08. The maximum absolute atomic E-state index is 13.1. The van der Waals surface area contributed by atoms with Gasteiger partial charge in [0.15, 0.2) is 0 Å². The van der Waals surface area contributed by atoms with E-state index >= 15 is 0 Å². The van der Waals surface area contributed by atoms with Crippen molar-refractivity contribution in [3.63, 3.8) is 0 Å². The van der Waals surface area contributed by atoms with Crippen LogP contribution in [-0.4, -0.2) is 48.5 Å². The van der Waals surface area contributed by atoms with Gasteiger partial charge >= 0.3 is 0 Å². The zero-order valence-electron chi connectivity index (χ0n) is 16.4. The van der Waals surface area contributed by atoms with Crippen LogP contribution >= 0.6 is 0 Å². The number of amides is 1. The van der Waals surface area contributed by atoms with Crippen LogP contribution in [0.3, 0.4) is 0 Å². The first-order valence-corrected chi connectivity index (χ1v) is 10.2. The van der Waals surface area contributed by atoms with Gasteiger partial charge in [0.25, 0.3) is 5.91 Å². The number of carbonyl (C=O) groups is 1. The standard InChI is InChI=1S/C24H24N4O/c29-24(27-16-14-26(15-17-27)21-7-2-1-3-8-21)20-10-12-25-23(18-20)28-13-11-19-6-4-5-9-22(19)28/h1-10,12,18H,11,13-17H2. The number of hydrogen-bond donors (Lipinski definition) is 0. The lowest BCUT2D eigenvalue weighted by Crippen LogP contribution is -2.48. The van der Waals surface area contributed by atoms with Gasteiger partial charge in [-0.25, -0.2) is 4.98 Å². The molecule has 1 aromatic heterocycles. The van der Waals surface area contributed by atoms with E-state index < -0.39 is 0 Å². The second-order valence-electron chi connectivity index (χ2n) is 7.55. The van der Waals surface area contributed by atoms with Crippen LogP contribution in [0, 0.1) is 0 Å². The van der Waals surface area contributed by atoms with E-state index in [1.807, 2.05) is 23.1 Å². The number of benzene rings is 2. The normalized spacial score (nSPS) is 16.1. The summed E-state index contributed by atoms with van der Waals surface area (Å²) in [4.78, 5) is 24.2. The molecule has 2 aliphatic rings. The Labute approximate surface area is 171 Å². The summed E-state index contributed by atoms with van der Waals surface area (Å²) < 4.78 is 0. The highest BCUT2D eigenvalue weighted by molar-refractivity contribution is 5.95. The first-order valence-electron chi connectivity index (χ1n) is 10.2. The van der Waals surface area contributed by atoms with Crippen molar-refractivity contribution < 1.29 is 4.79 Å². The first-order chi connectivity index (χ1) is 14.3. The molecule has 1 amide bonds. The van der Waals surface area contributed by atoms with Crippen LogP contribution in [0.5, 0.6) is 0 Å². The number of rotatable bonds is 3. The van der Waals surface area contributed by atoms with Crippen LogP contribution in [0.2, 0.25) is 0 Å². The second kappa shape index (κ2) is 7.59. The smallest absolute Gasteiger partial charge is 0.254 e. The van der Waals surface area contributed by atoms with Crippen LogP contribution < -0.4 is 9.80 Å². The number of anilines is 3. The Bertz CT molecular complexity index is 1010. The van der Waals surface area contributed by atoms with E-state index in [4.69, 9.17) is 0 Å². The third-order valence-electron chi connectivity index (χ3n) is 5.84. The summed E-state index contributed by atoms with van der Waals surface area (Å²) >= 11 is 0. The summed E-state index contributed by atoms with van der Waals surface area (Å²) in [7, 11) is 0. The zero-order valence-corrected chi connectivity index (χ0v) is 16.4. The minimum Gasteiger partial charge on any atom is -0.368 e. The molecule has 5 rings (SSSR count). The Kier molecular flexibility index (Phi) is 4.64. The SMILES string of the molecule is O=C(c1ccnc(N2CCc3ccccc32)c1)N1CCN(c2ccccc2)CC1. The number of pyridine rings is 1. The fourth-order valence-corrected chi connectivity index (χ4v) is 4.26. The van der Waals surface area contributed by atoms with Gasteiger partial charge in [-0.15, -0.1) is 0 Å². The average molecular weight is 384 g/mol. The number of hydrogen-bond acceptors (Lipinski definition) is 4. The molecule has 2 aromatic carbocycles. The molecule has 146 valence electrons. The molecular weight excluding hydrogens is 360 g/mol. The molecule has 0 spiro atoms. The Morgan fingerprint density at radius 3 is 2.41 bits per heavy atom. The van der Waals surface area contributed by atoms with E-state index in [0.29, 0.717) is 5.56 Å². The Hall–Kier alpha value is -3.34. The summed E-state index contributed by atoms with van der Waals surface area (Å²) in [6.07, 6.45) is 2.77. The van der Waals surface area contributed by atoms with Crippen molar-refractivity contribution in [3.8, 4) is 0 Å². The predicted octanol–water partition coefficient (Wildman–Crippen LogP) is 3.74. The third-order valence-corrected chi connectivity index (χ3v) is 5.84. The van der Waals surface area contributed by atoms with Gasteiger partial charge in [-0.3, -0.25) is 4.79 Å². The van der Waals surface area contributed by atoms with Gasteiger partial charge in [-0.05, 0) is 42.3 Å². The molecule has 2 aliphatic heterocycles. The average Bonchev–Trinajstić information content (AvgIpc) is 3.24. The van der Waals surface area contributed by atoms with Crippen LogP contribution in [0.25, 0.3) is 0 Å². The van der Waals surface area contributed by atoms with E-state index in [1.54, 1.807) is 6.20 Å². The number of aromatic nitrogens is 1. The van der Waals surface area contributed by atoms with Gasteiger partial charge in [-0.2, -0.15) is 0 Å². The number of carbonyl (C=O) groups excluding carboxylic acids is 1. The van der Waals surface area contributed by atoms with Crippen LogP contribution in [0.1, 0.15) is 15.9 Å². The maximum Gasteiger partial charge on any atom is 0.254 e. The van der Waals surface area contributed by atoms with Crippen molar-refractivity contribution in [2.24, 2.45) is 0 Å². The number of fused-ring (bicyclic) bond motifs is 1. The topological polar surface area (TPSA) is 39.7 Å². The molecule has 3 aromatic rings. The van der Waals surface area contributed by atoms with E-state index in [0.717, 1.165) is 45.0 Å². The minimum atomic E-state index is 0.0915. The molecule has 0 aliphatic carbocycles. The summed E-state index contributed by atoms with van der Waals surface area (Å²) in [5.74, 6) is 0.942. The molecular formula is C24H24N4O. The fraction of sp³-hybridized carbons (Fsp3) is 0.250. The molecule has 0 atom stereocenters. The molecule has 0 N–H and O–H groups in total. The fourth-order valence-electron chi connectivity index (χ4n) is 4.26. The van der Waals surface area contributed by atoms with Gasteiger partial charge in [-0.1, -0.05) is 36.4 Å². The summed E-state index contributed by atoms with van der Waals surface area (Å²) in [6, 6.07) is 22.6. The highest BCUT2D eigenvalue weighted by atomic mass is 16.2. The van der Waals surface area contributed by atoms with Crippen LogP contribution in [0.4, 0.5) is 17.2 Å². The van der Waals surface area contributed by atoms with Gasteiger partial charge in [0.2, 0.25) is 0 Å². The molecule has 0 radical (unpaired) electrons. The van der Waals surface area contributed by atoms with Gasteiger partial charge in [0.05, 0.1) is 0 Å². The predicted molar refractivity (Wildman–Crippen MR) is 116 cm³/mol. The highest BCUT2D eigenvalue weighted by Gasteiger charge is 2.25. The Morgan fingerprint density at radius 2 is 1.59 bits per heavy atom. The van der Waals surface area contributed by atoms with Crippen molar-refractivity contribution >= 4 is 23.1 Å². The Balaban J connectivity index is 1.30. The molecule has 1 fully saturated rings. The molecule has 0 unspecified atom stereocenters. The van der Waals surface area contributed by atoms with Crippen molar-refractivity contribution in [2.45, 2.75) is 6.42 Å². The molecule has 0 saturated carbocycles. The number of para-hydroxylation sites is 2. The zero-order chi connectivity index (χ0) is 19.6. The maximum atomic E-state index is 13.1. The molecule has 5 nitrogen and oxygen atoms in total. The summed E-state index contributed by atoms with van der Waals surface area (Å²) in [5, 5.41) is 0. The van der Waals surface area contributed by atoms with E-state index in [9.17, 15) is 4.79 Å².